The van der Waals surface area contributed by atoms with Gasteiger partial charge < -0.3 is 14.2 Å². The summed E-state index contributed by atoms with van der Waals surface area (Å²) in [6.07, 6.45) is 11.2. The molecule has 0 spiro atoms. The molecular weight excluding hydrogens is 464 g/mol. The van der Waals surface area contributed by atoms with Crippen LogP contribution in [0.3, 0.4) is 0 Å². The van der Waals surface area contributed by atoms with Crippen molar-refractivity contribution in [1.82, 2.24) is 29.4 Å². The molecule has 4 aromatic rings. The van der Waals surface area contributed by atoms with Gasteiger partial charge in [0.15, 0.2) is 0 Å². The number of amides is 1. The molecule has 1 atom stereocenters. The average molecular weight is 499 g/mol. The molecule has 8 nitrogen and oxygen atoms in total. The number of imidazole rings is 1. The lowest BCUT2D eigenvalue weighted by Gasteiger charge is -2.39. The smallest absolute Gasteiger partial charge is 0.245 e. The van der Waals surface area contributed by atoms with Crippen molar-refractivity contribution >= 4 is 5.91 Å². The Morgan fingerprint density at radius 1 is 1.11 bits per heavy atom. The minimum absolute atomic E-state index is 0.00316. The van der Waals surface area contributed by atoms with Gasteiger partial charge >= 0.3 is 0 Å². The minimum atomic E-state index is 0.00316. The molecular formula is C29H34N6O2. The Morgan fingerprint density at radius 2 is 1.89 bits per heavy atom. The summed E-state index contributed by atoms with van der Waals surface area (Å²) < 4.78 is 9.22. The van der Waals surface area contributed by atoms with Gasteiger partial charge in [-0.2, -0.15) is 0 Å². The van der Waals surface area contributed by atoms with Crippen LogP contribution in [0.15, 0.2) is 67.3 Å². The second-order valence-corrected chi connectivity index (χ2v) is 9.79. The number of methoxy groups -OCH3 is 1. The number of carbonyl (C=O) groups excluding carboxylic acids is 1. The fourth-order valence-corrected chi connectivity index (χ4v) is 5.32. The summed E-state index contributed by atoms with van der Waals surface area (Å²) in [6, 6.07) is 16.4. The van der Waals surface area contributed by atoms with E-state index in [9.17, 15) is 4.79 Å². The van der Waals surface area contributed by atoms with E-state index in [2.05, 4.69) is 39.3 Å². The van der Waals surface area contributed by atoms with Gasteiger partial charge in [-0.1, -0.05) is 60.9 Å². The maximum absolute atomic E-state index is 13.7. The fraction of sp³-hybridized carbons (Fsp3) is 0.379. The number of nitrogens with zero attached hydrogens (tertiary/aromatic N) is 6. The van der Waals surface area contributed by atoms with Crippen molar-refractivity contribution in [1.29, 1.82) is 0 Å². The van der Waals surface area contributed by atoms with Crippen LogP contribution in [-0.2, 0) is 11.3 Å². The third-order valence-corrected chi connectivity index (χ3v) is 7.26. The number of carbonyl (C=O) groups is 1. The van der Waals surface area contributed by atoms with Crippen molar-refractivity contribution in [2.45, 2.75) is 64.6 Å². The van der Waals surface area contributed by atoms with Gasteiger partial charge in [0.2, 0.25) is 5.91 Å². The number of aryl methyl sites for hydroxylation is 1. The number of rotatable bonds is 8. The normalized spacial score (nSPS) is 14.9. The van der Waals surface area contributed by atoms with Crippen LogP contribution < -0.4 is 4.74 Å². The number of benzene rings is 2. The van der Waals surface area contributed by atoms with Crippen molar-refractivity contribution in [3.8, 4) is 22.7 Å². The summed E-state index contributed by atoms with van der Waals surface area (Å²) in [6.45, 7) is 4.24. The molecule has 2 heterocycles. The zero-order chi connectivity index (χ0) is 25.8. The highest BCUT2D eigenvalue weighted by Crippen LogP contribution is 2.31. The lowest BCUT2D eigenvalue weighted by molar-refractivity contribution is -0.137. The van der Waals surface area contributed by atoms with Crippen LogP contribution in [0.5, 0.6) is 5.75 Å². The largest absolute Gasteiger partial charge is 0.495 e. The topological polar surface area (TPSA) is 78.1 Å². The molecule has 0 bridgehead atoms. The molecule has 1 unspecified atom stereocenters. The first kappa shape index (κ1) is 24.7. The van der Waals surface area contributed by atoms with Crippen molar-refractivity contribution in [3.63, 3.8) is 0 Å². The molecule has 5 rings (SSSR count). The standard InChI is InChI=1S/C29H34N6O2/c1-21-17-33(20-30-21)27-15-14-24(16-28(27)37-3)26-18-34(32-31-26)19-29(36)35(25-12-8-5-9-13-25)22(2)23-10-6-4-7-11-23/h4,6-7,10-11,14-18,20,22,25H,5,8-9,12-13,19H2,1-3H3. The van der Waals surface area contributed by atoms with E-state index < -0.39 is 0 Å². The third kappa shape index (κ3) is 5.43. The number of hydrogen-bond donors (Lipinski definition) is 0. The van der Waals surface area contributed by atoms with Crippen LogP contribution in [0, 0.1) is 6.92 Å². The molecule has 192 valence electrons. The van der Waals surface area contributed by atoms with Gasteiger partial charge in [-0.05, 0) is 44.4 Å². The number of aromatic nitrogens is 5. The Labute approximate surface area is 217 Å². The van der Waals surface area contributed by atoms with E-state index in [-0.39, 0.29) is 24.5 Å². The lowest BCUT2D eigenvalue weighted by Crippen LogP contribution is -2.44. The van der Waals surface area contributed by atoms with Crippen LogP contribution >= 0.6 is 0 Å². The molecule has 2 aromatic heterocycles. The first-order valence-corrected chi connectivity index (χ1v) is 13.0. The Kier molecular flexibility index (Phi) is 7.35. The van der Waals surface area contributed by atoms with Crippen molar-refractivity contribution < 1.29 is 9.53 Å². The van der Waals surface area contributed by atoms with Gasteiger partial charge in [-0.15, -0.1) is 5.10 Å². The van der Waals surface area contributed by atoms with E-state index in [0.29, 0.717) is 11.4 Å². The molecule has 1 saturated carbocycles. The van der Waals surface area contributed by atoms with Crippen LogP contribution in [0.25, 0.3) is 16.9 Å². The van der Waals surface area contributed by atoms with Gasteiger partial charge in [-0.25, -0.2) is 9.67 Å². The van der Waals surface area contributed by atoms with Gasteiger partial charge in [-0.3, -0.25) is 4.79 Å². The Morgan fingerprint density at radius 3 is 2.59 bits per heavy atom. The third-order valence-electron chi connectivity index (χ3n) is 7.26. The Bertz CT molecular complexity index is 1340. The first-order chi connectivity index (χ1) is 18.0. The van der Waals surface area contributed by atoms with E-state index in [0.717, 1.165) is 35.3 Å². The minimum Gasteiger partial charge on any atom is -0.495 e. The molecule has 1 fully saturated rings. The van der Waals surface area contributed by atoms with Crippen LogP contribution in [-0.4, -0.2) is 48.5 Å². The molecule has 0 aliphatic heterocycles. The second-order valence-electron chi connectivity index (χ2n) is 9.79. The molecule has 1 aliphatic carbocycles. The van der Waals surface area contributed by atoms with E-state index >= 15 is 0 Å². The van der Waals surface area contributed by atoms with Crippen molar-refractivity contribution in [2.24, 2.45) is 0 Å². The quantitative estimate of drug-likeness (QED) is 0.326. The summed E-state index contributed by atoms with van der Waals surface area (Å²) in [5.41, 5.74) is 4.55. The zero-order valence-electron chi connectivity index (χ0n) is 21.7. The molecule has 1 amide bonds. The van der Waals surface area contributed by atoms with E-state index in [1.54, 1.807) is 18.1 Å². The maximum atomic E-state index is 13.7. The highest BCUT2D eigenvalue weighted by Gasteiger charge is 2.30. The summed E-state index contributed by atoms with van der Waals surface area (Å²) in [4.78, 5) is 20.1. The summed E-state index contributed by atoms with van der Waals surface area (Å²) in [5, 5.41) is 8.66. The summed E-state index contributed by atoms with van der Waals surface area (Å²) >= 11 is 0. The highest BCUT2D eigenvalue weighted by atomic mass is 16.5. The molecule has 1 aliphatic rings. The lowest BCUT2D eigenvalue weighted by atomic mass is 9.92. The summed E-state index contributed by atoms with van der Waals surface area (Å²) in [7, 11) is 1.65. The number of ether oxygens (including phenoxy) is 1. The first-order valence-electron chi connectivity index (χ1n) is 13.0. The molecule has 37 heavy (non-hydrogen) atoms. The van der Waals surface area contributed by atoms with E-state index in [1.165, 1.54) is 19.3 Å². The van der Waals surface area contributed by atoms with Crippen LogP contribution in [0.2, 0.25) is 0 Å². The number of hydrogen-bond acceptors (Lipinski definition) is 5. The van der Waals surface area contributed by atoms with Crippen molar-refractivity contribution in [3.05, 3.63) is 78.5 Å². The van der Waals surface area contributed by atoms with Gasteiger partial charge in [0.25, 0.3) is 0 Å². The monoisotopic (exact) mass is 498 g/mol. The SMILES string of the molecule is COc1cc(-c2cn(CC(=O)N(C3CCCCC3)C(C)c3ccccc3)nn2)ccc1-n1cnc(C)c1. The van der Waals surface area contributed by atoms with Crippen LogP contribution in [0.1, 0.15) is 56.3 Å². The molecule has 0 saturated heterocycles. The van der Waals surface area contributed by atoms with Crippen molar-refractivity contribution in [2.75, 3.05) is 7.11 Å². The summed E-state index contributed by atoms with van der Waals surface area (Å²) in [5.74, 6) is 0.781. The van der Waals surface area contributed by atoms with Crippen LogP contribution in [0.4, 0.5) is 0 Å². The molecule has 8 heteroatoms. The van der Waals surface area contributed by atoms with Gasteiger partial charge in [0.05, 0.1) is 37.1 Å². The van der Waals surface area contributed by atoms with Gasteiger partial charge in [0.1, 0.15) is 18.0 Å². The highest BCUT2D eigenvalue weighted by molar-refractivity contribution is 5.77. The van der Waals surface area contributed by atoms with Gasteiger partial charge in [0, 0.05) is 17.8 Å². The van der Waals surface area contributed by atoms with E-state index in [1.807, 2.05) is 60.3 Å². The maximum Gasteiger partial charge on any atom is 0.245 e. The zero-order valence-corrected chi connectivity index (χ0v) is 21.7. The fourth-order valence-electron chi connectivity index (χ4n) is 5.32. The average Bonchev–Trinajstić information content (AvgIpc) is 3.58. The molecule has 0 radical (unpaired) electrons. The van der Waals surface area contributed by atoms with E-state index in [4.69, 9.17) is 4.74 Å². The second kappa shape index (κ2) is 11.0. The molecule has 0 N–H and O–H groups in total. The predicted molar refractivity (Wildman–Crippen MR) is 142 cm³/mol. The predicted octanol–water partition coefficient (Wildman–Crippen LogP) is 5.37. The Hall–Kier alpha value is -3.94. The Balaban J connectivity index is 1.36. The molecule has 2 aromatic carbocycles.